The molecule has 1 N–H and O–H groups in total. The van der Waals surface area contributed by atoms with Crippen LogP contribution < -0.4 is 5.43 Å². The number of hydrazone groups is 1. The van der Waals surface area contributed by atoms with Crippen LogP contribution in [0, 0.1) is 5.92 Å². The van der Waals surface area contributed by atoms with Gasteiger partial charge in [-0.05, 0) is 6.42 Å². The minimum atomic E-state index is -0.286. The Morgan fingerprint density at radius 2 is 2.50 bits per heavy atom. The number of hydrogen-bond acceptors (Lipinski definition) is 4. The fourth-order valence-electron chi connectivity index (χ4n) is 0.963. The van der Waals surface area contributed by atoms with Gasteiger partial charge in [0.25, 0.3) is 0 Å². The molecule has 0 bridgehead atoms. The maximum atomic E-state index is 11.0. The van der Waals surface area contributed by atoms with E-state index in [9.17, 15) is 4.79 Å². The minimum absolute atomic E-state index is 0.127. The molecule has 4 heteroatoms. The highest BCUT2D eigenvalue weighted by atomic mass is 16.5. The Morgan fingerprint density at radius 1 is 1.75 bits per heavy atom. The van der Waals surface area contributed by atoms with Crippen LogP contribution in [0.2, 0.25) is 0 Å². The van der Waals surface area contributed by atoms with E-state index in [1.807, 2.05) is 13.8 Å². The van der Waals surface area contributed by atoms with Gasteiger partial charge in [0.15, 0.2) is 5.71 Å². The van der Waals surface area contributed by atoms with Crippen LogP contribution in [-0.2, 0) is 9.53 Å². The predicted octanol–water partition coefficient (Wildman–Crippen LogP) is 0.535. The van der Waals surface area contributed by atoms with Gasteiger partial charge in [0.1, 0.15) is 6.61 Å². The van der Waals surface area contributed by atoms with Crippen molar-refractivity contribution in [1.29, 1.82) is 0 Å². The summed E-state index contributed by atoms with van der Waals surface area (Å²) in [4.78, 5) is 11.0. The van der Waals surface area contributed by atoms with Gasteiger partial charge in [-0.15, -0.1) is 0 Å². The average molecular weight is 170 g/mol. The Hall–Kier alpha value is -1.06. The number of carbonyl (C=O) groups excluding carboxylic acids is 1. The number of ether oxygens (including phenoxy) is 1. The number of cyclic esters (lactones) is 1. The third-order valence-corrected chi connectivity index (χ3v) is 1.70. The molecule has 0 aromatic heterocycles. The monoisotopic (exact) mass is 170 g/mol. The summed E-state index contributed by atoms with van der Waals surface area (Å²) in [7, 11) is 0. The lowest BCUT2D eigenvalue weighted by Crippen LogP contribution is -2.18. The smallest absolute Gasteiger partial charge is 0.354 e. The summed E-state index contributed by atoms with van der Waals surface area (Å²) >= 11 is 0. The van der Waals surface area contributed by atoms with Gasteiger partial charge in [0.2, 0.25) is 0 Å². The molecule has 0 aliphatic carbocycles. The van der Waals surface area contributed by atoms with Crippen molar-refractivity contribution in [2.45, 2.75) is 20.3 Å². The molecule has 1 aliphatic heterocycles. The Kier molecular flexibility index (Phi) is 3.08. The maximum absolute atomic E-state index is 11.0. The Morgan fingerprint density at radius 3 is 3.00 bits per heavy atom. The highest BCUT2D eigenvalue weighted by Crippen LogP contribution is 2.09. The number of esters is 1. The molecule has 0 aromatic rings. The molecular formula is C8H14N2O2. The van der Waals surface area contributed by atoms with E-state index < -0.39 is 0 Å². The zero-order valence-electron chi connectivity index (χ0n) is 7.46. The number of carbonyl (C=O) groups is 1. The van der Waals surface area contributed by atoms with Crippen molar-refractivity contribution >= 4 is 11.7 Å². The molecule has 0 spiro atoms. The van der Waals surface area contributed by atoms with Gasteiger partial charge in [0, 0.05) is 12.5 Å². The normalized spacial score (nSPS) is 26.0. The van der Waals surface area contributed by atoms with E-state index in [2.05, 4.69) is 10.5 Å². The molecule has 4 nitrogen and oxygen atoms in total. The summed E-state index contributed by atoms with van der Waals surface area (Å²) in [6, 6.07) is 0. The number of hydrogen-bond donors (Lipinski definition) is 1. The Balaban J connectivity index is 2.47. The SMILES string of the molecule is CCCN/N=C1\C(=O)OCC1C. The number of nitrogens with zero attached hydrogens (tertiary/aromatic N) is 1. The molecule has 0 aromatic carbocycles. The molecular weight excluding hydrogens is 156 g/mol. The first-order valence-corrected chi connectivity index (χ1v) is 4.23. The van der Waals surface area contributed by atoms with Crippen molar-refractivity contribution in [3.05, 3.63) is 0 Å². The van der Waals surface area contributed by atoms with Crippen LogP contribution >= 0.6 is 0 Å². The van der Waals surface area contributed by atoms with Gasteiger partial charge < -0.3 is 10.2 Å². The highest BCUT2D eigenvalue weighted by molar-refractivity contribution is 6.38. The molecule has 12 heavy (non-hydrogen) atoms. The second kappa shape index (κ2) is 4.09. The minimum Gasteiger partial charge on any atom is -0.460 e. The lowest BCUT2D eigenvalue weighted by atomic mass is 10.1. The molecule has 1 saturated heterocycles. The standard InChI is InChI=1S/C8H14N2O2/c1-3-4-9-10-7-6(2)5-12-8(7)11/h6,9H,3-5H2,1-2H3/b10-7-. The molecule has 0 radical (unpaired) electrons. The Labute approximate surface area is 72.0 Å². The van der Waals surface area contributed by atoms with Crippen LogP contribution in [0.5, 0.6) is 0 Å². The van der Waals surface area contributed by atoms with E-state index in [0.29, 0.717) is 12.3 Å². The van der Waals surface area contributed by atoms with Crippen LogP contribution in [-0.4, -0.2) is 24.8 Å². The molecule has 1 aliphatic rings. The van der Waals surface area contributed by atoms with Crippen LogP contribution in [0.25, 0.3) is 0 Å². The van der Waals surface area contributed by atoms with Crippen molar-refractivity contribution in [3.63, 3.8) is 0 Å². The molecule has 1 rings (SSSR count). The second-order valence-electron chi connectivity index (χ2n) is 2.90. The van der Waals surface area contributed by atoms with Gasteiger partial charge in [-0.2, -0.15) is 5.10 Å². The Bertz CT molecular complexity index is 201. The number of nitrogens with one attached hydrogen (secondary N) is 1. The van der Waals surface area contributed by atoms with Gasteiger partial charge >= 0.3 is 5.97 Å². The van der Waals surface area contributed by atoms with Crippen LogP contribution in [0.4, 0.5) is 0 Å². The molecule has 0 amide bonds. The summed E-state index contributed by atoms with van der Waals surface area (Å²) in [6.07, 6.45) is 1.00. The number of rotatable bonds is 3. The molecule has 68 valence electrons. The summed E-state index contributed by atoms with van der Waals surface area (Å²) in [5.74, 6) is -0.159. The van der Waals surface area contributed by atoms with Crippen molar-refractivity contribution in [1.82, 2.24) is 5.43 Å². The summed E-state index contributed by atoms with van der Waals surface area (Å²) < 4.78 is 4.80. The molecule has 1 heterocycles. The van der Waals surface area contributed by atoms with E-state index in [-0.39, 0.29) is 11.9 Å². The first kappa shape index (κ1) is 9.03. The third-order valence-electron chi connectivity index (χ3n) is 1.70. The topological polar surface area (TPSA) is 50.7 Å². The average Bonchev–Trinajstić information content (AvgIpc) is 2.35. The third kappa shape index (κ3) is 1.96. The molecule has 1 atom stereocenters. The molecule has 1 unspecified atom stereocenters. The fourth-order valence-corrected chi connectivity index (χ4v) is 0.963. The fraction of sp³-hybridized carbons (Fsp3) is 0.750. The lowest BCUT2D eigenvalue weighted by Gasteiger charge is -1.99. The first-order valence-electron chi connectivity index (χ1n) is 4.23. The van der Waals surface area contributed by atoms with Crippen LogP contribution in [0.15, 0.2) is 5.10 Å². The van der Waals surface area contributed by atoms with Gasteiger partial charge in [-0.25, -0.2) is 4.79 Å². The van der Waals surface area contributed by atoms with Crippen LogP contribution in [0.3, 0.4) is 0 Å². The van der Waals surface area contributed by atoms with Gasteiger partial charge in [-0.1, -0.05) is 13.8 Å². The van der Waals surface area contributed by atoms with E-state index in [0.717, 1.165) is 13.0 Å². The lowest BCUT2D eigenvalue weighted by molar-refractivity contribution is -0.133. The van der Waals surface area contributed by atoms with Crippen molar-refractivity contribution in [2.75, 3.05) is 13.2 Å². The van der Waals surface area contributed by atoms with E-state index in [4.69, 9.17) is 4.74 Å². The van der Waals surface area contributed by atoms with Crippen LogP contribution in [0.1, 0.15) is 20.3 Å². The van der Waals surface area contributed by atoms with Gasteiger partial charge in [-0.3, -0.25) is 0 Å². The van der Waals surface area contributed by atoms with E-state index in [1.54, 1.807) is 0 Å². The van der Waals surface area contributed by atoms with Gasteiger partial charge in [0.05, 0.1) is 0 Å². The summed E-state index contributed by atoms with van der Waals surface area (Å²) in [5.41, 5.74) is 3.34. The van der Waals surface area contributed by atoms with E-state index >= 15 is 0 Å². The highest BCUT2D eigenvalue weighted by Gasteiger charge is 2.28. The second-order valence-corrected chi connectivity index (χ2v) is 2.90. The van der Waals surface area contributed by atoms with Crippen molar-refractivity contribution in [2.24, 2.45) is 11.0 Å². The van der Waals surface area contributed by atoms with E-state index in [1.165, 1.54) is 0 Å². The van der Waals surface area contributed by atoms with Crippen molar-refractivity contribution in [3.8, 4) is 0 Å². The quantitative estimate of drug-likeness (QED) is 0.382. The zero-order valence-corrected chi connectivity index (χ0v) is 7.46. The largest absolute Gasteiger partial charge is 0.460 e. The van der Waals surface area contributed by atoms with Crippen molar-refractivity contribution < 1.29 is 9.53 Å². The summed E-state index contributed by atoms with van der Waals surface area (Å²) in [6.45, 7) is 5.23. The zero-order chi connectivity index (χ0) is 8.97. The first-order chi connectivity index (χ1) is 5.75. The predicted molar refractivity (Wildman–Crippen MR) is 45.9 cm³/mol. The molecule has 0 saturated carbocycles. The maximum Gasteiger partial charge on any atom is 0.354 e. The summed E-state index contributed by atoms with van der Waals surface area (Å²) in [5, 5.41) is 3.97. The molecule has 1 fully saturated rings.